The number of hydrogen-bond donors (Lipinski definition) is 11. The summed E-state index contributed by atoms with van der Waals surface area (Å²) in [6, 6.07) is 0. The minimum atomic E-state index is 0. The van der Waals surface area contributed by atoms with Crippen molar-refractivity contribution in [3.63, 3.8) is 0 Å². The highest BCUT2D eigenvalue weighted by atomic mass is 35.5. The van der Waals surface area contributed by atoms with Gasteiger partial charge in [0.25, 0.3) is 0 Å². The molecule has 0 amide bonds. The Hall–Kier alpha value is 0.140. The van der Waals surface area contributed by atoms with Crippen LogP contribution < -0.4 is 67.7 Å². The molecule has 0 aliphatic rings. The van der Waals surface area contributed by atoms with Gasteiger partial charge in [-0.05, 0) is 0 Å². The fourth-order valence-corrected chi connectivity index (χ4v) is 0. The second-order valence-electron chi connectivity index (χ2n) is 0.101. The molecule has 14 heavy (non-hydrogen) atoms. The van der Waals surface area contributed by atoms with E-state index in [4.69, 9.17) is 23.2 Å². The number of hydrogen-bond acceptors (Lipinski definition) is 11. The topological polar surface area (TPSA) is 385 Å². The van der Waals surface area contributed by atoms with Crippen molar-refractivity contribution in [3.05, 3.63) is 0 Å². The molecule has 33 N–H and O–H groups in total. The van der Waals surface area contributed by atoms with E-state index in [0.717, 1.165) is 0 Å². The summed E-state index contributed by atoms with van der Waals surface area (Å²) in [5, 5.41) is 0.194. The molecule has 0 radical (unpaired) electrons. The lowest BCUT2D eigenvalue weighted by atomic mass is 11.9. The predicted octanol–water partition coefficient (Wildman–Crippen LogP) is 3.20. The van der Waals surface area contributed by atoms with Crippen LogP contribution in [0.25, 0.3) is 0 Å². The number of rotatable bonds is 0. The Kier molecular flexibility index (Phi) is 56700. The quantitative estimate of drug-likeness (QED) is 0.284. The molecule has 0 aromatic rings. The van der Waals surface area contributed by atoms with E-state index in [1.165, 1.54) is 0 Å². The molecule has 0 saturated heterocycles. The first-order valence-corrected chi connectivity index (χ1v) is 1.60. The van der Waals surface area contributed by atoms with Crippen molar-refractivity contribution in [2.24, 2.45) is 0 Å². The Balaban J connectivity index is -0.000000000364. The lowest BCUT2D eigenvalue weighted by molar-refractivity contribution is 2.13. The zero-order valence-electron chi connectivity index (χ0n) is 9.24. The van der Waals surface area contributed by atoms with Crippen LogP contribution in [-0.2, 0) is 0 Å². The van der Waals surface area contributed by atoms with Crippen molar-refractivity contribution in [2.75, 3.05) is 5.34 Å². The third-order valence-corrected chi connectivity index (χ3v) is 0. The Morgan fingerprint density at radius 3 is 0.357 bits per heavy atom. The highest BCUT2D eigenvalue weighted by Gasteiger charge is 1.41. The van der Waals surface area contributed by atoms with Gasteiger partial charge in [0.15, 0.2) is 0 Å². The summed E-state index contributed by atoms with van der Waals surface area (Å²) >= 11 is 9.53. The molecule has 0 bridgehead atoms. The molecular formula is CH35Cl2N11. The van der Waals surface area contributed by atoms with Crippen molar-refractivity contribution >= 4 is 23.2 Å². The van der Waals surface area contributed by atoms with E-state index in [-0.39, 0.29) is 73.0 Å². The first-order valence-electron chi connectivity index (χ1n) is 0.535. The SMILES string of the molecule is ClCCl.N.N.N.N.N.N.N.N.N.N.N. The third kappa shape index (κ3) is 76900. The molecule has 0 rings (SSSR count). The molecule has 13 heteroatoms. The highest BCUT2D eigenvalue weighted by molar-refractivity contribution is 6.40. The van der Waals surface area contributed by atoms with Crippen LogP contribution in [0.15, 0.2) is 0 Å². The van der Waals surface area contributed by atoms with E-state index in [1.807, 2.05) is 0 Å². The molecule has 0 heterocycles. The van der Waals surface area contributed by atoms with Crippen molar-refractivity contribution in [1.29, 1.82) is 0 Å². The summed E-state index contributed by atoms with van der Waals surface area (Å²) in [6.45, 7) is 0. The minimum absolute atomic E-state index is 0. The summed E-state index contributed by atoms with van der Waals surface area (Å²) in [4.78, 5) is 0. The zero-order valence-corrected chi connectivity index (χ0v) is 10.8. The average molecular weight is 272 g/mol. The summed E-state index contributed by atoms with van der Waals surface area (Å²) in [6.07, 6.45) is 0. The standard InChI is InChI=1S/CH2Cl2.11H3N/c2-1-3;;;;;;;;;;;/h1H2;11*1H3. The highest BCUT2D eigenvalue weighted by Crippen LogP contribution is 1.73. The fourth-order valence-electron chi connectivity index (χ4n) is 0. The molecule has 0 saturated carbocycles. The van der Waals surface area contributed by atoms with Crippen molar-refractivity contribution in [2.45, 2.75) is 0 Å². The van der Waals surface area contributed by atoms with E-state index >= 15 is 0 Å². The number of halogens is 2. The molecule has 0 aliphatic carbocycles. The largest absolute Gasteiger partial charge is 0.344 e. The van der Waals surface area contributed by atoms with Crippen molar-refractivity contribution in [3.8, 4) is 0 Å². The third-order valence-electron chi connectivity index (χ3n) is 0. The van der Waals surface area contributed by atoms with Crippen LogP contribution in [0.1, 0.15) is 0 Å². The molecule has 0 spiro atoms. The summed E-state index contributed by atoms with van der Waals surface area (Å²) in [5.41, 5.74) is 0. The molecule has 11 nitrogen and oxygen atoms in total. The maximum Gasteiger partial charge on any atom is 0.0967 e. The zero-order chi connectivity index (χ0) is 2.71. The monoisotopic (exact) mass is 271 g/mol. The Morgan fingerprint density at radius 1 is 0.357 bits per heavy atom. The van der Waals surface area contributed by atoms with Crippen LogP contribution in [0.5, 0.6) is 0 Å². The van der Waals surface area contributed by atoms with Crippen molar-refractivity contribution < 1.29 is 0 Å². The second-order valence-corrected chi connectivity index (χ2v) is 0.909. The smallest absolute Gasteiger partial charge is 0.0967 e. The normalized spacial score (nSPS) is 1.29. The van der Waals surface area contributed by atoms with Gasteiger partial charge < -0.3 is 67.7 Å². The van der Waals surface area contributed by atoms with Crippen LogP contribution in [0, 0.1) is 0 Å². The fraction of sp³-hybridized carbons (Fsp3) is 1.00. The lowest BCUT2D eigenvalue weighted by Crippen LogP contribution is -1.24. The maximum absolute atomic E-state index is 4.76. The molecular weight excluding hydrogens is 237 g/mol. The van der Waals surface area contributed by atoms with Gasteiger partial charge in [-0.25, -0.2) is 0 Å². The molecule has 0 aromatic heterocycles. The van der Waals surface area contributed by atoms with E-state index in [1.54, 1.807) is 0 Å². The van der Waals surface area contributed by atoms with E-state index < -0.39 is 0 Å². The minimum Gasteiger partial charge on any atom is -0.344 e. The molecule has 0 unspecified atom stereocenters. The Morgan fingerprint density at radius 2 is 0.357 bits per heavy atom. The molecule has 0 fully saturated rings. The van der Waals surface area contributed by atoms with Gasteiger partial charge in [0.1, 0.15) is 0 Å². The van der Waals surface area contributed by atoms with Gasteiger partial charge in [0.2, 0.25) is 0 Å². The van der Waals surface area contributed by atoms with Crippen LogP contribution in [0.2, 0.25) is 0 Å². The Labute approximate surface area is 96.8 Å². The van der Waals surface area contributed by atoms with Crippen LogP contribution in [-0.4, -0.2) is 5.34 Å². The molecule has 0 atom stereocenters. The van der Waals surface area contributed by atoms with E-state index in [9.17, 15) is 0 Å². The molecule has 0 aromatic carbocycles. The van der Waals surface area contributed by atoms with Gasteiger partial charge in [-0.2, -0.15) is 0 Å². The van der Waals surface area contributed by atoms with E-state index in [2.05, 4.69) is 0 Å². The predicted molar refractivity (Wildman–Crippen MR) is 71.8 cm³/mol. The van der Waals surface area contributed by atoms with Crippen LogP contribution in [0.3, 0.4) is 0 Å². The van der Waals surface area contributed by atoms with Gasteiger partial charge in [0.05, 0.1) is 5.34 Å². The Bertz CT molecular complexity index is 13.2. The first kappa shape index (κ1) is 533. The summed E-state index contributed by atoms with van der Waals surface area (Å²) < 4.78 is 0. The van der Waals surface area contributed by atoms with E-state index in [0.29, 0.717) is 0 Å². The lowest BCUT2D eigenvalue weighted by Gasteiger charge is -1.42. The van der Waals surface area contributed by atoms with Gasteiger partial charge in [0, 0.05) is 0 Å². The van der Waals surface area contributed by atoms with Crippen LogP contribution in [0.4, 0.5) is 0 Å². The summed E-state index contributed by atoms with van der Waals surface area (Å²) in [5.74, 6) is 0. The molecule has 0 aliphatic heterocycles. The van der Waals surface area contributed by atoms with Gasteiger partial charge >= 0.3 is 0 Å². The van der Waals surface area contributed by atoms with Gasteiger partial charge in [-0.1, -0.05) is 0 Å². The van der Waals surface area contributed by atoms with Gasteiger partial charge in [-0.3, -0.25) is 0 Å². The first-order chi connectivity index (χ1) is 1.41. The van der Waals surface area contributed by atoms with Crippen LogP contribution >= 0.6 is 23.2 Å². The maximum atomic E-state index is 4.76. The summed E-state index contributed by atoms with van der Waals surface area (Å²) in [7, 11) is 0. The number of alkyl halides is 2. The second kappa shape index (κ2) is 1490. The van der Waals surface area contributed by atoms with Crippen molar-refractivity contribution in [1.82, 2.24) is 67.7 Å². The average Bonchev–Trinajstić information content (AvgIpc) is 0.918. The molecule has 108 valence electrons. The van der Waals surface area contributed by atoms with Gasteiger partial charge in [-0.15, -0.1) is 23.2 Å².